The molecule has 2 aromatic rings. The van der Waals surface area contributed by atoms with Crippen molar-refractivity contribution in [1.82, 2.24) is 4.90 Å². The lowest BCUT2D eigenvalue weighted by Gasteiger charge is -2.33. The minimum Gasteiger partial charge on any atom is -0.491 e. The molecule has 2 aliphatic heterocycles. The van der Waals surface area contributed by atoms with Crippen LogP contribution in [0.1, 0.15) is 41.8 Å². The Labute approximate surface area is 148 Å². The summed E-state index contributed by atoms with van der Waals surface area (Å²) in [5.74, 6) is 0.962. The zero-order chi connectivity index (χ0) is 16.4. The Morgan fingerprint density at radius 3 is 3.17 bits per heavy atom. The molecule has 0 spiro atoms. The molecule has 1 aromatic carbocycles. The molecule has 128 valence electrons. The van der Waals surface area contributed by atoms with Gasteiger partial charge in [0, 0.05) is 30.6 Å². The molecule has 2 atom stereocenters. The quantitative estimate of drug-likeness (QED) is 0.802. The fraction of sp³-hybridized carbons (Fsp3) is 0.500. The summed E-state index contributed by atoms with van der Waals surface area (Å²) in [6.07, 6.45) is 3.72. The molecule has 0 saturated carbocycles. The van der Waals surface area contributed by atoms with Crippen LogP contribution in [0, 0.1) is 0 Å². The van der Waals surface area contributed by atoms with Crippen molar-refractivity contribution in [3.63, 3.8) is 0 Å². The highest BCUT2D eigenvalue weighted by Crippen LogP contribution is 2.33. The van der Waals surface area contributed by atoms with Gasteiger partial charge < -0.3 is 9.47 Å². The largest absolute Gasteiger partial charge is 0.491 e. The number of hydrogen-bond acceptors (Lipinski definition) is 4. The van der Waals surface area contributed by atoms with Crippen molar-refractivity contribution in [1.29, 1.82) is 0 Å². The molecule has 0 unspecified atom stereocenters. The molecule has 0 N–H and O–H groups in total. The van der Waals surface area contributed by atoms with Crippen LogP contribution in [0.25, 0.3) is 0 Å². The Balaban J connectivity index is 1.39. The fourth-order valence-electron chi connectivity index (χ4n) is 3.71. The van der Waals surface area contributed by atoms with Crippen LogP contribution in [0.15, 0.2) is 35.7 Å². The van der Waals surface area contributed by atoms with E-state index in [0.29, 0.717) is 12.6 Å². The summed E-state index contributed by atoms with van der Waals surface area (Å²) in [6, 6.07) is 11.3. The van der Waals surface area contributed by atoms with Crippen LogP contribution in [0.3, 0.4) is 0 Å². The van der Waals surface area contributed by atoms with Crippen LogP contribution in [0.4, 0.5) is 0 Å². The van der Waals surface area contributed by atoms with Crippen molar-refractivity contribution in [2.75, 3.05) is 19.8 Å². The molecule has 2 aliphatic rings. The highest BCUT2D eigenvalue weighted by molar-refractivity contribution is 7.10. The molecule has 0 bridgehead atoms. The number of ether oxygens (including phenoxy) is 2. The van der Waals surface area contributed by atoms with E-state index in [-0.39, 0.29) is 6.10 Å². The van der Waals surface area contributed by atoms with Gasteiger partial charge >= 0.3 is 0 Å². The van der Waals surface area contributed by atoms with E-state index in [1.807, 2.05) is 11.3 Å². The maximum absolute atomic E-state index is 5.95. The third kappa shape index (κ3) is 3.51. The zero-order valence-electron chi connectivity index (χ0n) is 14.2. The van der Waals surface area contributed by atoms with Gasteiger partial charge in [0.1, 0.15) is 12.4 Å². The third-order valence-electron chi connectivity index (χ3n) is 5.15. The molecule has 0 radical (unpaired) electrons. The Bertz CT molecular complexity index is 678. The normalized spacial score (nSPS) is 24.0. The van der Waals surface area contributed by atoms with E-state index < -0.39 is 0 Å². The molecule has 0 aliphatic carbocycles. The van der Waals surface area contributed by atoms with Gasteiger partial charge in [-0.25, -0.2) is 0 Å². The first kappa shape index (κ1) is 16.1. The van der Waals surface area contributed by atoms with Crippen LogP contribution in [0.2, 0.25) is 0 Å². The lowest BCUT2D eigenvalue weighted by molar-refractivity contribution is 0.0679. The number of fused-ring (bicyclic) bond motifs is 1. The predicted molar refractivity (Wildman–Crippen MR) is 97.8 cm³/mol. The minimum atomic E-state index is 0.271. The SMILES string of the molecule is C[C@H]1c2ccsc2CCN1Cc1cccc(OC[C@@H]2CCCO2)c1. The highest BCUT2D eigenvalue weighted by Gasteiger charge is 2.24. The number of rotatable bonds is 5. The fourth-order valence-corrected chi connectivity index (χ4v) is 4.67. The van der Waals surface area contributed by atoms with E-state index in [1.54, 1.807) is 4.88 Å². The molecule has 1 aromatic heterocycles. The highest BCUT2D eigenvalue weighted by atomic mass is 32.1. The zero-order valence-corrected chi connectivity index (χ0v) is 15.1. The Morgan fingerprint density at radius 1 is 1.33 bits per heavy atom. The van der Waals surface area contributed by atoms with Gasteiger partial charge in [-0.05, 0) is 60.9 Å². The molecule has 4 rings (SSSR count). The molecular formula is C20H25NO2S. The molecular weight excluding hydrogens is 318 g/mol. The average molecular weight is 343 g/mol. The molecule has 1 saturated heterocycles. The Hall–Kier alpha value is -1.36. The number of hydrogen-bond donors (Lipinski definition) is 0. The maximum Gasteiger partial charge on any atom is 0.119 e. The van der Waals surface area contributed by atoms with Gasteiger partial charge in [-0.2, -0.15) is 0 Å². The van der Waals surface area contributed by atoms with E-state index in [1.165, 1.54) is 17.5 Å². The van der Waals surface area contributed by atoms with E-state index in [4.69, 9.17) is 9.47 Å². The van der Waals surface area contributed by atoms with Gasteiger partial charge in [-0.15, -0.1) is 11.3 Å². The number of benzene rings is 1. The molecule has 1 fully saturated rings. The summed E-state index contributed by atoms with van der Waals surface area (Å²) in [5, 5.41) is 2.23. The smallest absolute Gasteiger partial charge is 0.119 e. The lowest BCUT2D eigenvalue weighted by atomic mass is 10.0. The first-order valence-electron chi connectivity index (χ1n) is 8.93. The molecule has 0 amide bonds. The maximum atomic E-state index is 5.95. The standard InChI is InChI=1S/C20H25NO2S/c1-15-19-8-11-24-20(19)7-9-21(15)13-16-4-2-5-17(12-16)23-14-18-6-3-10-22-18/h2,4-5,8,11-12,15,18H,3,6-7,9-10,13-14H2,1H3/t15-,18-/m0/s1. The minimum absolute atomic E-state index is 0.271. The summed E-state index contributed by atoms with van der Waals surface area (Å²) in [5.41, 5.74) is 2.84. The first-order chi connectivity index (χ1) is 11.8. The molecule has 3 nitrogen and oxygen atoms in total. The van der Waals surface area contributed by atoms with Crippen LogP contribution in [-0.2, 0) is 17.7 Å². The van der Waals surface area contributed by atoms with Crippen LogP contribution in [0.5, 0.6) is 5.75 Å². The van der Waals surface area contributed by atoms with Crippen molar-refractivity contribution >= 4 is 11.3 Å². The van der Waals surface area contributed by atoms with Crippen molar-refractivity contribution in [3.8, 4) is 5.75 Å². The summed E-state index contributed by atoms with van der Waals surface area (Å²) >= 11 is 1.90. The molecule has 24 heavy (non-hydrogen) atoms. The first-order valence-corrected chi connectivity index (χ1v) is 9.81. The van der Waals surface area contributed by atoms with Crippen LogP contribution in [-0.4, -0.2) is 30.8 Å². The van der Waals surface area contributed by atoms with Gasteiger partial charge in [-0.3, -0.25) is 4.90 Å². The van der Waals surface area contributed by atoms with Crippen LogP contribution >= 0.6 is 11.3 Å². The van der Waals surface area contributed by atoms with Crippen molar-refractivity contribution in [2.45, 2.75) is 44.9 Å². The third-order valence-corrected chi connectivity index (χ3v) is 6.14. The lowest BCUT2D eigenvalue weighted by Crippen LogP contribution is -2.32. The number of thiophene rings is 1. The van der Waals surface area contributed by atoms with E-state index in [9.17, 15) is 0 Å². The van der Waals surface area contributed by atoms with Gasteiger partial charge in [0.2, 0.25) is 0 Å². The predicted octanol–water partition coefficient (Wildman–Crippen LogP) is 4.43. The average Bonchev–Trinajstić information content (AvgIpc) is 3.27. The topological polar surface area (TPSA) is 21.7 Å². The van der Waals surface area contributed by atoms with Crippen molar-refractivity contribution < 1.29 is 9.47 Å². The van der Waals surface area contributed by atoms with Gasteiger partial charge in [0.05, 0.1) is 6.10 Å². The van der Waals surface area contributed by atoms with Crippen molar-refractivity contribution in [3.05, 3.63) is 51.7 Å². The van der Waals surface area contributed by atoms with E-state index in [2.05, 4.69) is 47.5 Å². The van der Waals surface area contributed by atoms with Gasteiger partial charge in [0.15, 0.2) is 0 Å². The van der Waals surface area contributed by atoms with Crippen molar-refractivity contribution in [2.24, 2.45) is 0 Å². The molecule has 4 heteroatoms. The Morgan fingerprint density at radius 2 is 2.29 bits per heavy atom. The second-order valence-corrected chi connectivity index (χ2v) is 7.79. The van der Waals surface area contributed by atoms with Gasteiger partial charge in [0.25, 0.3) is 0 Å². The summed E-state index contributed by atoms with van der Waals surface area (Å²) in [4.78, 5) is 4.13. The second-order valence-electron chi connectivity index (χ2n) is 6.79. The van der Waals surface area contributed by atoms with Gasteiger partial charge in [-0.1, -0.05) is 12.1 Å². The second kappa shape index (κ2) is 7.26. The number of nitrogens with zero attached hydrogens (tertiary/aromatic N) is 1. The Kier molecular flexibility index (Phi) is 4.88. The van der Waals surface area contributed by atoms with E-state index in [0.717, 1.165) is 38.3 Å². The monoisotopic (exact) mass is 343 g/mol. The van der Waals surface area contributed by atoms with Crippen LogP contribution < -0.4 is 4.74 Å². The molecule has 3 heterocycles. The summed E-state index contributed by atoms with van der Waals surface area (Å²) in [6.45, 7) is 5.99. The van der Waals surface area contributed by atoms with E-state index >= 15 is 0 Å². The summed E-state index contributed by atoms with van der Waals surface area (Å²) in [7, 11) is 0. The summed E-state index contributed by atoms with van der Waals surface area (Å²) < 4.78 is 11.6.